The molecule has 5 nitrogen and oxygen atoms in total. The molecule has 4 aromatic rings. The molecule has 1 heterocycles. The summed E-state index contributed by atoms with van der Waals surface area (Å²) in [5, 5.41) is 34.6. The van der Waals surface area contributed by atoms with Crippen LogP contribution in [0, 0.1) is 0 Å². The van der Waals surface area contributed by atoms with Crippen LogP contribution in [0.2, 0.25) is 0 Å². The van der Waals surface area contributed by atoms with E-state index in [1.165, 1.54) is 6.07 Å². The molecule has 0 radical (unpaired) electrons. The van der Waals surface area contributed by atoms with Crippen LogP contribution in [0.15, 0.2) is 60.7 Å². The lowest BCUT2D eigenvalue weighted by atomic mass is 10.1. The summed E-state index contributed by atoms with van der Waals surface area (Å²) in [4.78, 5) is 4.42. The van der Waals surface area contributed by atoms with Crippen molar-refractivity contribution >= 4 is 33.2 Å². The van der Waals surface area contributed by atoms with E-state index >= 15 is 0 Å². The first-order chi connectivity index (χ1) is 11.6. The fourth-order valence-corrected chi connectivity index (χ4v) is 2.79. The van der Waals surface area contributed by atoms with Crippen molar-refractivity contribution in [3.8, 4) is 17.2 Å². The van der Waals surface area contributed by atoms with E-state index in [2.05, 4.69) is 10.3 Å². The van der Waals surface area contributed by atoms with E-state index in [0.717, 1.165) is 11.1 Å². The lowest BCUT2D eigenvalue weighted by Crippen LogP contribution is -1.95. The third-order valence-electron chi connectivity index (χ3n) is 3.95. The summed E-state index contributed by atoms with van der Waals surface area (Å²) in [6, 6.07) is 18.5. The number of aromatic nitrogens is 1. The van der Waals surface area contributed by atoms with Crippen LogP contribution in [0.1, 0.15) is 0 Å². The maximum Gasteiger partial charge on any atom is 0.202 e. The van der Waals surface area contributed by atoms with Gasteiger partial charge >= 0.3 is 0 Å². The second-order valence-electron chi connectivity index (χ2n) is 5.48. The predicted octanol–water partition coefficient (Wildman–Crippen LogP) is 4.25. The Hall–Kier alpha value is -3.47. The Morgan fingerprint density at radius 1 is 0.750 bits per heavy atom. The highest BCUT2D eigenvalue weighted by atomic mass is 16.3. The van der Waals surface area contributed by atoms with Crippen molar-refractivity contribution < 1.29 is 15.3 Å². The molecule has 118 valence electrons. The first kappa shape index (κ1) is 14.1. The summed E-state index contributed by atoms with van der Waals surface area (Å²) in [6.45, 7) is 0. The van der Waals surface area contributed by atoms with Gasteiger partial charge in [-0.25, -0.2) is 4.98 Å². The first-order valence-corrected chi connectivity index (χ1v) is 7.43. The fourth-order valence-electron chi connectivity index (χ4n) is 2.79. The lowest BCUT2D eigenvalue weighted by molar-refractivity contribution is 0.371. The molecule has 0 aliphatic rings. The lowest BCUT2D eigenvalue weighted by Gasteiger charge is -2.15. The topological polar surface area (TPSA) is 85.6 Å². The van der Waals surface area contributed by atoms with Gasteiger partial charge in [0.15, 0.2) is 11.5 Å². The van der Waals surface area contributed by atoms with Crippen molar-refractivity contribution in [3.63, 3.8) is 0 Å². The van der Waals surface area contributed by atoms with Crippen LogP contribution in [0.25, 0.3) is 21.8 Å². The van der Waals surface area contributed by atoms with Gasteiger partial charge in [0.25, 0.3) is 0 Å². The van der Waals surface area contributed by atoms with Gasteiger partial charge in [0.1, 0.15) is 5.52 Å². The molecule has 0 bridgehead atoms. The number of phenolic OH excluding ortho intramolecular Hbond substituents is 3. The van der Waals surface area contributed by atoms with Crippen molar-refractivity contribution in [1.82, 2.24) is 4.98 Å². The fraction of sp³-hybridized carbons (Fsp3) is 0. The van der Waals surface area contributed by atoms with Gasteiger partial charge < -0.3 is 20.6 Å². The van der Waals surface area contributed by atoms with Gasteiger partial charge in [-0.2, -0.15) is 0 Å². The van der Waals surface area contributed by atoms with Crippen molar-refractivity contribution in [2.75, 3.05) is 5.32 Å². The van der Waals surface area contributed by atoms with E-state index in [-0.39, 0.29) is 5.52 Å². The van der Waals surface area contributed by atoms with Crippen LogP contribution in [0.3, 0.4) is 0 Å². The maximum absolute atomic E-state index is 10.2. The Morgan fingerprint density at radius 3 is 2.25 bits per heavy atom. The number of nitrogens with zero attached hydrogens (tertiary/aromatic N) is 1. The van der Waals surface area contributed by atoms with E-state index in [4.69, 9.17) is 0 Å². The van der Waals surface area contributed by atoms with Gasteiger partial charge in [-0.05, 0) is 24.3 Å². The highest BCUT2D eigenvalue weighted by molar-refractivity contribution is 6.11. The molecule has 0 saturated heterocycles. The minimum atomic E-state index is -0.573. The van der Waals surface area contributed by atoms with Gasteiger partial charge in [-0.3, -0.25) is 0 Å². The molecular weight excluding hydrogens is 304 g/mol. The molecule has 0 saturated carbocycles. The Kier molecular flexibility index (Phi) is 3.13. The standard InChI is InChI=1S/C19H14N2O3/c22-15-10-13-16(20-11-6-2-1-3-7-11)12-8-4-5-9-14(12)21-17(13)19(24)18(15)23/h1-10,22-24H,(H,20,21). The zero-order valence-corrected chi connectivity index (χ0v) is 12.6. The van der Waals surface area contributed by atoms with Crippen molar-refractivity contribution in [2.24, 2.45) is 0 Å². The minimum absolute atomic E-state index is 0.224. The molecule has 0 aliphatic carbocycles. The molecule has 3 aromatic carbocycles. The normalized spacial score (nSPS) is 11.0. The number of rotatable bonds is 2. The average Bonchev–Trinajstić information content (AvgIpc) is 2.61. The molecule has 0 aliphatic heterocycles. The van der Waals surface area contributed by atoms with E-state index in [0.29, 0.717) is 16.6 Å². The number of phenols is 3. The highest BCUT2D eigenvalue weighted by Crippen LogP contribution is 2.44. The third kappa shape index (κ3) is 2.14. The molecule has 0 amide bonds. The van der Waals surface area contributed by atoms with Crippen LogP contribution in [-0.2, 0) is 0 Å². The largest absolute Gasteiger partial charge is 0.504 e. The summed E-state index contributed by atoms with van der Waals surface area (Å²) >= 11 is 0. The van der Waals surface area contributed by atoms with Gasteiger partial charge in [0.2, 0.25) is 5.75 Å². The molecule has 4 rings (SSSR count). The van der Waals surface area contributed by atoms with Gasteiger partial charge in [-0.15, -0.1) is 0 Å². The van der Waals surface area contributed by atoms with Crippen molar-refractivity contribution in [3.05, 3.63) is 60.7 Å². The monoisotopic (exact) mass is 318 g/mol. The molecule has 0 fully saturated rings. The number of hydrogen-bond acceptors (Lipinski definition) is 5. The number of fused-ring (bicyclic) bond motifs is 2. The summed E-state index contributed by atoms with van der Waals surface area (Å²) in [6.07, 6.45) is 0. The second-order valence-corrected chi connectivity index (χ2v) is 5.48. The highest BCUT2D eigenvalue weighted by Gasteiger charge is 2.17. The number of pyridine rings is 1. The molecule has 4 N–H and O–H groups in total. The van der Waals surface area contributed by atoms with Crippen LogP contribution in [0.4, 0.5) is 11.4 Å². The maximum atomic E-state index is 10.2. The van der Waals surface area contributed by atoms with E-state index in [1.54, 1.807) is 0 Å². The molecule has 0 unspecified atom stereocenters. The van der Waals surface area contributed by atoms with Gasteiger partial charge in [0, 0.05) is 16.5 Å². The number of aromatic hydroxyl groups is 3. The van der Waals surface area contributed by atoms with Crippen molar-refractivity contribution in [1.29, 1.82) is 0 Å². The Morgan fingerprint density at radius 2 is 1.46 bits per heavy atom. The second kappa shape index (κ2) is 5.31. The van der Waals surface area contributed by atoms with Crippen LogP contribution < -0.4 is 5.32 Å². The molecule has 24 heavy (non-hydrogen) atoms. The molecule has 0 spiro atoms. The summed E-state index contributed by atoms with van der Waals surface area (Å²) in [5.41, 5.74) is 2.46. The Bertz CT molecular complexity index is 1060. The summed E-state index contributed by atoms with van der Waals surface area (Å²) < 4.78 is 0. The van der Waals surface area contributed by atoms with E-state index in [9.17, 15) is 15.3 Å². The van der Waals surface area contributed by atoms with Crippen LogP contribution in [-0.4, -0.2) is 20.3 Å². The minimum Gasteiger partial charge on any atom is -0.504 e. The summed E-state index contributed by atoms with van der Waals surface area (Å²) in [7, 11) is 0. The van der Waals surface area contributed by atoms with Crippen LogP contribution in [0.5, 0.6) is 17.2 Å². The number of nitrogens with one attached hydrogen (secondary N) is 1. The molecule has 5 heteroatoms. The first-order valence-electron chi connectivity index (χ1n) is 7.43. The Balaban J connectivity index is 2.10. The number of hydrogen-bond donors (Lipinski definition) is 4. The number of benzene rings is 3. The van der Waals surface area contributed by atoms with Crippen molar-refractivity contribution in [2.45, 2.75) is 0 Å². The van der Waals surface area contributed by atoms with Crippen LogP contribution >= 0.6 is 0 Å². The zero-order chi connectivity index (χ0) is 16.7. The zero-order valence-electron chi connectivity index (χ0n) is 12.6. The summed E-state index contributed by atoms with van der Waals surface area (Å²) in [5.74, 6) is -1.41. The van der Waals surface area contributed by atoms with E-state index in [1.807, 2.05) is 54.6 Å². The van der Waals surface area contributed by atoms with Gasteiger partial charge in [-0.1, -0.05) is 36.4 Å². The molecule has 1 aromatic heterocycles. The SMILES string of the molecule is Oc1cc2c(Nc3ccccc3)c3ccccc3nc2c(O)c1O. The third-order valence-corrected chi connectivity index (χ3v) is 3.95. The average molecular weight is 318 g/mol. The van der Waals surface area contributed by atoms with E-state index < -0.39 is 17.2 Å². The predicted molar refractivity (Wildman–Crippen MR) is 94.0 cm³/mol. The quantitative estimate of drug-likeness (QED) is 0.328. The molecule has 0 atom stereocenters. The Labute approximate surface area is 137 Å². The molecular formula is C19H14N2O3. The number of para-hydroxylation sites is 2. The number of anilines is 2. The van der Waals surface area contributed by atoms with Gasteiger partial charge in [0.05, 0.1) is 11.2 Å². The smallest absolute Gasteiger partial charge is 0.202 e.